The van der Waals surface area contributed by atoms with Crippen LogP contribution >= 0.6 is 23.2 Å². The van der Waals surface area contributed by atoms with Gasteiger partial charge in [0.15, 0.2) is 0 Å². The zero-order chi connectivity index (χ0) is 30.0. The van der Waals surface area contributed by atoms with Gasteiger partial charge in [-0.05, 0) is 60.9 Å². The summed E-state index contributed by atoms with van der Waals surface area (Å²) in [7, 11) is -3.87. The number of sulfonamides is 1. The van der Waals surface area contributed by atoms with Crippen LogP contribution in [0.5, 0.6) is 5.75 Å². The molecule has 0 aliphatic rings. The van der Waals surface area contributed by atoms with Gasteiger partial charge < -0.3 is 15.0 Å². The van der Waals surface area contributed by atoms with Gasteiger partial charge in [0.25, 0.3) is 0 Å². The monoisotopic (exact) mass is 619 g/mol. The van der Waals surface area contributed by atoms with E-state index in [9.17, 15) is 18.0 Å². The molecule has 1 N–H and O–H groups in total. The standard InChI is InChI=1S/C30H35Cl2N3O5S/c1-4-17-33-30(37)28(19-22-9-7-6-8-10-22)34(20-23-11-16-26(31)27(32)18-23)29(36)21-35(41(3,38)39)24-12-14-25(15-13-24)40-5-2/h6-16,18,28H,4-5,17,19-21H2,1-3H3,(H,33,37). The highest BCUT2D eigenvalue weighted by Gasteiger charge is 2.33. The SMILES string of the molecule is CCCNC(=O)C(Cc1ccccc1)N(Cc1ccc(Cl)c(Cl)c1)C(=O)CN(c1ccc(OCC)cc1)S(C)(=O)=O. The van der Waals surface area contributed by atoms with Gasteiger partial charge in [0.2, 0.25) is 21.8 Å². The molecular formula is C30H35Cl2N3O5S. The maximum atomic E-state index is 14.1. The normalized spacial score (nSPS) is 11.9. The van der Waals surface area contributed by atoms with E-state index >= 15 is 0 Å². The first-order chi connectivity index (χ1) is 19.5. The lowest BCUT2D eigenvalue weighted by Crippen LogP contribution is -2.53. The van der Waals surface area contributed by atoms with Gasteiger partial charge in [0, 0.05) is 19.5 Å². The van der Waals surface area contributed by atoms with E-state index in [1.165, 1.54) is 4.90 Å². The minimum absolute atomic E-state index is 0.00759. The predicted molar refractivity (Wildman–Crippen MR) is 164 cm³/mol. The fourth-order valence-corrected chi connectivity index (χ4v) is 5.41. The van der Waals surface area contributed by atoms with E-state index in [2.05, 4.69) is 5.32 Å². The number of rotatable bonds is 14. The molecule has 0 fully saturated rings. The highest BCUT2D eigenvalue weighted by atomic mass is 35.5. The van der Waals surface area contributed by atoms with Crippen LogP contribution in [0.1, 0.15) is 31.4 Å². The van der Waals surface area contributed by atoms with E-state index in [0.29, 0.717) is 46.6 Å². The third-order valence-electron chi connectivity index (χ3n) is 6.27. The van der Waals surface area contributed by atoms with Crippen molar-refractivity contribution in [2.45, 2.75) is 39.3 Å². The lowest BCUT2D eigenvalue weighted by molar-refractivity contribution is -0.140. The van der Waals surface area contributed by atoms with Crippen LogP contribution in [0.3, 0.4) is 0 Å². The van der Waals surface area contributed by atoms with Crippen molar-refractivity contribution in [3.8, 4) is 5.75 Å². The molecule has 8 nitrogen and oxygen atoms in total. The Labute approximate surface area is 252 Å². The molecule has 3 aromatic rings. The van der Waals surface area contributed by atoms with Crippen molar-refractivity contribution < 1.29 is 22.7 Å². The van der Waals surface area contributed by atoms with Crippen molar-refractivity contribution in [1.82, 2.24) is 10.2 Å². The van der Waals surface area contributed by atoms with E-state index in [1.54, 1.807) is 42.5 Å². The fourth-order valence-electron chi connectivity index (χ4n) is 4.24. The first-order valence-electron chi connectivity index (χ1n) is 13.3. The molecule has 3 aromatic carbocycles. The summed E-state index contributed by atoms with van der Waals surface area (Å²) in [4.78, 5) is 29.0. The van der Waals surface area contributed by atoms with E-state index in [0.717, 1.165) is 16.1 Å². The molecule has 0 spiro atoms. The minimum atomic E-state index is -3.87. The van der Waals surface area contributed by atoms with Crippen LogP contribution in [-0.2, 0) is 32.6 Å². The summed E-state index contributed by atoms with van der Waals surface area (Å²) in [5, 5.41) is 3.56. The summed E-state index contributed by atoms with van der Waals surface area (Å²) in [6.07, 6.45) is 1.98. The van der Waals surface area contributed by atoms with Crippen molar-refractivity contribution in [2.24, 2.45) is 0 Å². The second-order valence-electron chi connectivity index (χ2n) is 9.46. The summed E-state index contributed by atoms with van der Waals surface area (Å²) >= 11 is 12.4. The third-order valence-corrected chi connectivity index (χ3v) is 8.15. The summed E-state index contributed by atoms with van der Waals surface area (Å²) < 4.78 is 32.3. The van der Waals surface area contributed by atoms with Crippen LogP contribution in [0, 0.1) is 0 Å². The zero-order valence-corrected chi connectivity index (χ0v) is 25.7. The Hall–Kier alpha value is -3.27. The second kappa shape index (κ2) is 15.1. The molecule has 0 aliphatic heterocycles. The average molecular weight is 621 g/mol. The van der Waals surface area contributed by atoms with Crippen LogP contribution in [0.15, 0.2) is 72.8 Å². The summed E-state index contributed by atoms with van der Waals surface area (Å²) in [6, 6.07) is 19.9. The Morgan fingerprint density at radius 3 is 2.20 bits per heavy atom. The summed E-state index contributed by atoms with van der Waals surface area (Å²) in [5.41, 5.74) is 1.79. The van der Waals surface area contributed by atoms with E-state index < -0.39 is 28.5 Å². The molecule has 0 aromatic heterocycles. The summed E-state index contributed by atoms with van der Waals surface area (Å²) in [6.45, 7) is 4.17. The number of hydrogen-bond donors (Lipinski definition) is 1. The van der Waals surface area contributed by atoms with Crippen LogP contribution in [0.2, 0.25) is 10.0 Å². The Bertz CT molecular complexity index is 1420. The van der Waals surface area contributed by atoms with E-state index in [-0.39, 0.29) is 18.9 Å². The molecule has 41 heavy (non-hydrogen) atoms. The summed E-state index contributed by atoms with van der Waals surface area (Å²) in [5.74, 6) is -0.313. The molecular weight excluding hydrogens is 585 g/mol. The Kier molecular flexibility index (Phi) is 11.9. The van der Waals surface area contributed by atoms with E-state index in [1.807, 2.05) is 44.2 Å². The van der Waals surface area contributed by atoms with Crippen molar-refractivity contribution in [2.75, 3.05) is 30.3 Å². The van der Waals surface area contributed by atoms with Crippen LogP contribution in [0.4, 0.5) is 5.69 Å². The van der Waals surface area contributed by atoms with Crippen molar-refractivity contribution in [1.29, 1.82) is 0 Å². The number of carbonyl (C=O) groups excluding carboxylic acids is 2. The quantitative estimate of drug-likeness (QED) is 0.263. The number of nitrogens with one attached hydrogen (secondary N) is 1. The lowest BCUT2D eigenvalue weighted by Gasteiger charge is -2.33. The van der Waals surface area contributed by atoms with Crippen molar-refractivity contribution >= 4 is 50.7 Å². The molecule has 2 amide bonds. The highest BCUT2D eigenvalue weighted by Crippen LogP contribution is 2.26. The molecule has 3 rings (SSSR count). The van der Waals surface area contributed by atoms with Gasteiger partial charge >= 0.3 is 0 Å². The highest BCUT2D eigenvalue weighted by molar-refractivity contribution is 7.92. The molecule has 1 atom stereocenters. The Morgan fingerprint density at radius 1 is 0.927 bits per heavy atom. The number of anilines is 1. The first kappa shape index (κ1) is 32.2. The molecule has 0 heterocycles. The first-order valence-corrected chi connectivity index (χ1v) is 15.9. The number of ether oxygens (including phenoxy) is 1. The number of benzene rings is 3. The molecule has 0 bridgehead atoms. The largest absolute Gasteiger partial charge is 0.494 e. The predicted octanol–water partition coefficient (Wildman–Crippen LogP) is 5.32. The third kappa shape index (κ3) is 9.38. The van der Waals surface area contributed by atoms with Crippen LogP contribution in [-0.4, -0.2) is 57.1 Å². The van der Waals surface area contributed by atoms with Crippen molar-refractivity contribution in [3.63, 3.8) is 0 Å². The van der Waals surface area contributed by atoms with E-state index in [4.69, 9.17) is 27.9 Å². The molecule has 1 unspecified atom stereocenters. The second-order valence-corrected chi connectivity index (χ2v) is 12.2. The molecule has 0 aliphatic carbocycles. The molecule has 0 saturated heterocycles. The van der Waals surface area contributed by atoms with Gasteiger partial charge in [-0.3, -0.25) is 13.9 Å². The lowest BCUT2D eigenvalue weighted by atomic mass is 10.0. The van der Waals surface area contributed by atoms with Crippen molar-refractivity contribution in [3.05, 3.63) is 94.0 Å². The molecule has 220 valence electrons. The zero-order valence-electron chi connectivity index (χ0n) is 23.3. The smallest absolute Gasteiger partial charge is 0.244 e. The minimum Gasteiger partial charge on any atom is -0.494 e. The fraction of sp³-hybridized carbons (Fsp3) is 0.333. The van der Waals surface area contributed by atoms with Gasteiger partial charge in [-0.15, -0.1) is 0 Å². The maximum Gasteiger partial charge on any atom is 0.244 e. The molecule has 0 radical (unpaired) electrons. The number of hydrogen-bond acceptors (Lipinski definition) is 5. The number of amides is 2. The van der Waals surface area contributed by atoms with Gasteiger partial charge in [-0.2, -0.15) is 0 Å². The number of halogens is 2. The van der Waals surface area contributed by atoms with Gasteiger partial charge in [-0.1, -0.05) is 66.5 Å². The van der Waals surface area contributed by atoms with Crippen LogP contribution in [0.25, 0.3) is 0 Å². The van der Waals surface area contributed by atoms with Gasteiger partial charge in [-0.25, -0.2) is 8.42 Å². The van der Waals surface area contributed by atoms with Gasteiger partial charge in [0.05, 0.1) is 28.6 Å². The molecule has 0 saturated carbocycles. The number of carbonyl (C=O) groups is 2. The van der Waals surface area contributed by atoms with Crippen LogP contribution < -0.4 is 14.4 Å². The average Bonchev–Trinajstić information content (AvgIpc) is 2.94. The molecule has 11 heteroatoms. The van der Waals surface area contributed by atoms with Gasteiger partial charge in [0.1, 0.15) is 18.3 Å². The maximum absolute atomic E-state index is 14.1. The topological polar surface area (TPSA) is 96.0 Å². The Balaban J connectivity index is 2.03. The Morgan fingerprint density at radius 2 is 1.61 bits per heavy atom. The number of nitrogens with zero attached hydrogens (tertiary/aromatic N) is 2.